The van der Waals surface area contributed by atoms with Gasteiger partial charge >= 0.3 is 0 Å². The Morgan fingerprint density at radius 2 is 1.90 bits per heavy atom. The Morgan fingerprint density at radius 1 is 1.15 bits per heavy atom. The quantitative estimate of drug-likeness (QED) is 0.669. The minimum Gasteiger partial charge on any atom is -0.492 e. The van der Waals surface area contributed by atoms with Crippen molar-refractivity contribution in [1.29, 1.82) is 0 Å². The van der Waals surface area contributed by atoms with Crippen LogP contribution in [0.4, 0.5) is 0 Å². The molecule has 0 amide bonds. The van der Waals surface area contributed by atoms with E-state index in [4.69, 9.17) is 4.74 Å². The van der Waals surface area contributed by atoms with Gasteiger partial charge in [-0.25, -0.2) is 0 Å². The second kappa shape index (κ2) is 9.60. The third-order valence-electron chi connectivity index (χ3n) is 3.29. The number of rotatable bonds is 9. The molecule has 0 saturated carbocycles. The molecule has 0 aliphatic carbocycles. The van der Waals surface area contributed by atoms with Crippen LogP contribution in [0.2, 0.25) is 0 Å². The molecule has 0 bridgehead atoms. The number of para-hydroxylation sites is 1. The van der Waals surface area contributed by atoms with Crippen molar-refractivity contribution in [3.63, 3.8) is 0 Å². The van der Waals surface area contributed by atoms with Gasteiger partial charge in [0.25, 0.3) is 0 Å². The molecule has 20 heavy (non-hydrogen) atoms. The van der Waals surface area contributed by atoms with Crippen LogP contribution in [0.5, 0.6) is 5.75 Å². The molecule has 0 fully saturated rings. The van der Waals surface area contributed by atoms with E-state index in [9.17, 15) is 0 Å². The van der Waals surface area contributed by atoms with Crippen LogP contribution >= 0.6 is 0 Å². The zero-order valence-corrected chi connectivity index (χ0v) is 13.4. The van der Waals surface area contributed by atoms with Crippen LogP contribution in [-0.2, 0) is 0 Å². The highest BCUT2D eigenvalue weighted by atomic mass is 16.5. The second-order valence-electron chi connectivity index (χ2n) is 5.71. The smallest absolute Gasteiger partial charge is 0.126 e. The molecule has 0 spiro atoms. The minimum atomic E-state index is 0.562. The molecular weight excluding hydrogens is 246 g/mol. The van der Waals surface area contributed by atoms with E-state index in [1.165, 1.54) is 12.8 Å². The highest BCUT2D eigenvalue weighted by molar-refractivity contribution is 5.56. The van der Waals surface area contributed by atoms with Crippen LogP contribution in [0.1, 0.15) is 46.1 Å². The van der Waals surface area contributed by atoms with Gasteiger partial charge in [0.15, 0.2) is 0 Å². The summed E-state index contributed by atoms with van der Waals surface area (Å²) in [5.41, 5.74) is 1.14. The minimum absolute atomic E-state index is 0.562. The van der Waals surface area contributed by atoms with Crippen molar-refractivity contribution in [1.82, 2.24) is 5.32 Å². The third-order valence-corrected chi connectivity index (χ3v) is 3.29. The summed E-state index contributed by atoms with van der Waals surface area (Å²) in [7, 11) is 0. The number of allylic oxidation sites excluding steroid dienone is 1. The van der Waals surface area contributed by atoms with Gasteiger partial charge in [0, 0.05) is 18.2 Å². The van der Waals surface area contributed by atoms with Crippen LogP contribution in [0, 0.1) is 5.92 Å². The van der Waals surface area contributed by atoms with Crippen LogP contribution in [0.15, 0.2) is 30.3 Å². The summed E-state index contributed by atoms with van der Waals surface area (Å²) < 4.78 is 5.85. The average Bonchev–Trinajstić information content (AvgIpc) is 2.43. The summed E-state index contributed by atoms with van der Waals surface area (Å²) in [4.78, 5) is 0. The first-order chi connectivity index (χ1) is 9.63. The van der Waals surface area contributed by atoms with E-state index in [0.717, 1.165) is 23.8 Å². The van der Waals surface area contributed by atoms with Crippen molar-refractivity contribution in [3.05, 3.63) is 35.9 Å². The summed E-state index contributed by atoms with van der Waals surface area (Å²) >= 11 is 0. The Bertz CT molecular complexity index is 398. The van der Waals surface area contributed by atoms with Gasteiger partial charge < -0.3 is 10.1 Å². The molecule has 1 N–H and O–H groups in total. The lowest BCUT2D eigenvalue weighted by Crippen LogP contribution is -2.30. The lowest BCUT2D eigenvalue weighted by Gasteiger charge is -2.15. The van der Waals surface area contributed by atoms with E-state index < -0.39 is 0 Å². The van der Waals surface area contributed by atoms with Gasteiger partial charge in [-0.1, -0.05) is 44.2 Å². The van der Waals surface area contributed by atoms with Gasteiger partial charge in [-0.05, 0) is 38.7 Å². The molecule has 1 rings (SSSR count). The van der Waals surface area contributed by atoms with E-state index >= 15 is 0 Å². The molecule has 1 unspecified atom stereocenters. The number of hydrogen-bond donors (Lipinski definition) is 1. The SMILES string of the molecule is CC=Cc1ccccc1OCCNC(C)CCC(C)C. The van der Waals surface area contributed by atoms with E-state index in [1.54, 1.807) is 0 Å². The van der Waals surface area contributed by atoms with Crippen LogP contribution in [-0.4, -0.2) is 19.2 Å². The Kier molecular flexibility index (Phi) is 8.05. The van der Waals surface area contributed by atoms with Crippen molar-refractivity contribution in [3.8, 4) is 5.75 Å². The molecular formula is C18H29NO. The topological polar surface area (TPSA) is 21.3 Å². The van der Waals surface area contributed by atoms with Crippen molar-refractivity contribution in [2.75, 3.05) is 13.2 Å². The molecule has 0 aliphatic heterocycles. The van der Waals surface area contributed by atoms with Crippen LogP contribution < -0.4 is 10.1 Å². The third kappa shape index (κ3) is 6.76. The standard InChI is InChI=1S/C18H29NO/c1-5-8-17-9-6-7-10-18(17)20-14-13-19-16(4)12-11-15(2)3/h5-10,15-16,19H,11-14H2,1-4H3. The first kappa shape index (κ1) is 16.8. The van der Waals surface area contributed by atoms with Gasteiger partial charge in [0.2, 0.25) is 0 Å². The summed E-state index contributed by atoms with van der Waals surface area (Å²) in [6.45, 7) is 10.4. The molecule has 0 heterocycles. The highest BCUT2D eigenvalue weighted by Gasteiger charge is 2.03. The second-order valence-corrected chi connectivity index (χ2v) is 5.71. The fourth-order valence-corrected chi connectivity index (χ4v) is 2.08. The van der Waals surface area contributed by atoms with Crippen LogP contribution in [0.25, 0.3) is 6.08 Å². The number of ether oxygens (including phenoxy) is 1. The molecule has 112 valence electrons. The van der Waals surface area contributed by atoms with Crippen LogP contribution in [0.3, 0.4) is 0 Å². The van der Waals surface area contributed by atoms with Crippen molar-refractivity contribution in [2.24, 2.45) is 5.92 Å². The van der Waals surface area contributed by atoms with E-state index in [2.05, 4.69) is 38.2 Å². The molecule has 1 atom stereocenters. The number of nitrogens with one attached hydrogen (secondary N) is 1. The monoisotopic (exact) mass is 275 g/mol. The zero-order chi connectivity index (χ0) is 14.8. The summed E-state index contributed by atoms with van der Waals surface area (Å²) in [5.74, 6) is 1.74. The maximum Gasteiger partial charge on any atom is 0.126 e. The number of hydrogen-bond acceptors (Lipinski definition) is 2. The Labute approximate surface area is 124 Å². The predicted molar refractivity (Wildman–Crippen MR) is 88.2 cm³/mol. The van der Waals surface area contributed by atoms with E-state index in [0.29, 0.717) is 12.6 Å². The Morgan fingerprint density at radius 3 is 2.60 bits per heavy atom. The largest absolute Gasteiger partial charge is 0.492 e. The first-order valence-corrected chi connectivity index (χ1v) is 7.71. The van der Waals surface area contributed by atoms with Gasteiger partial charge in [0.1, 0.15) is 12.4 Å². The Balaban J connectivity index is 2.27. The van der Waals surface area contributed by atoms with Crippen molar-refractivity contribution < 1.29 is 4.74 Å². The molecule has 0 radical (unpaired) electrons. The molecule has 0 saturated heterocycles. The first-order valence-electron chi connectivity index (χ1n) is 7.71. The Hall–Kier alpha value is -1.28. The molecule has 0 aliphatic rings. The van der Waals surface area contributed by atoms with Gasteiger partial charge in [-0.3, -0.25) is 0 Å². The normalized spacial score (nSPS) is 13.1. The van der Waals surface area contributed by atoms with E-state index in [-0.39, 0.29) is 0 Å². The van der Waals surface area contributed by atoms with Gasteiger partial charge in [0.05, 0.1) is 0 Å². The number of benzene rings is 1. The highest BCUT2D eigenvalue weighted by Crippen LogP contribution is 2.19. The van der Waals surface area contributed by atoms with Crippen molar-refractivity contribution in [2.45, 2.75) is 46.6 Å². The zero-order valence-electron chi connectivity index (χ0n) is 13.4. The summed E-state index contributed by atoms with van der Waals surface area (Å²) in [6, 6.07) is 8.72. The molecule has 1 aromatic rings. The predicted octanol–water partition coefficient (Wildman–Crippen LogP) is 4.51. The maximum absolute atomic E-state index is 5.85. The average molecular weight is 275 g/mol. The van der Waals surface area contributed by atoms with E-state index in [1.807, 2.05) is 31.2 Å². The molecule has 0 aromatic heterocycles. The summed E-state index contributed by atoms with van der Waals surface area (Å²) in [6.07, 6.45) is 6.62. The fraction of sp³-hybridized carbons (Fsp3) is 0.556. The lowest BCUT2D eigenvalue weighted by molar-refractivity contribution is 0.302. The maximum atomic E-state index is 5.85. The molecule has 2 nitrogen and oxygen atoms in total. The fourth-order valence-electron chi connectivity index (χ4n) is 2.08. The van der Waals surface area contributed by atoms with Crippen molar-refractivity contribution >= 4 is 6.08 Å². The molecule has 1 aromatic carbocycles. The summed E-state index contributed by atoms with van der Waals surface area (Å²) in [5, 5.41) is 3.52. The van der Waals surface area contributed by atoms with Gasteiger partial charge in [-0.15, -0.1) is 0 Å². The van der Waals surface area contributed by atoms with Gasteiger partial charge in [-0.2, -0.15) is 0 Å². The lowest BCUT2D eigenvalue weighted by atomic mass is 10.0. The molecule has 2 heteroatoms.